The van der Waals surface area contributed by atoms with Gasteiger partial charge >= 0.3 is 5.91 Å². The van der Waals surface area contributed by atoms with E-state index in [1.54, 1.807) is 30.3 Å². The van der Waals surface area contributed by atoms with Gasteiger partial charge in [-0.2, -0.15) is 0 Å². The van der Waals surface area contributed by atoms with Crippen LogP contribution in [-0.2, 0) is 9.59 Å². The van der Waals surface area contributed by atoms with Crippen LogP contribution in [0.1, 0.15) is 27.7 Å². The van der Waals surface area contributed by atoms with Crippen LogP contribution in [0, 0.1) is 13.8 Å². The number of thiazole rings is 1. The van der Waals surface area contributed by atoms with Crippen LogP contribution < -0.4 is 19.1 Å². The van der Waals surface area contributed by atoms with Crippen LogP contribution in [0.2, 0.25) is 5.02 Å². The Labute approximate surface area is 211 Å². The minimum absolute atomic E-state index is 0.117. The number of aryl methyl sites for hydroxylation is 2. The average molecular weight is 515 g/mol. The summed E-state index contributed by atoms with van der Waals surface area (Å²) in [6.45, 7) is 3.71. The second-order valence-electron chi connectivity index (χ2n) is 7.74. The highest BCUT2D eigenvalue weighted by Crippen LogP contribution is 2.48. The van der Waals surface area contributed by atoms with Gasteiger partial charge in [-0.3, -0.25) is 14.5 Å². The van der Waals surface area contributed by atoms with E-state index in [-0.39, 0.29) is 21.9 Å². The number of Topliss-reactive ketones (excluding diaryl/α,β-unsaturated/α-hetero) is 1. The zero-order chi connectivity index (χ0) is 25.4. The third-order valence-corrected chi connectivity index (χ3v) is 7.19. The smallest absolute Gasteiger partial charge is 0.301 e. The van der Waals surface area contributed by atoms with Crippen LogP contribution in [0.5, 0.6) is 17.2 Å². The van der Waals surface area contributed by atoms with E-state index in [9.17, 15) is 14.7 Å². The molecule has 0 saturated carbocycles. The van der Waals surface area contributed by atoms with E-state index in [0.717, 1.165) is 10.6 Å². The standard InChI is InChI=1S/C25H23ClN2O6S/c1-12-13(2)35-25(27-12)28-20(15-7-6-8-18(33-4)23(15)34-5)19(22(30)24(28)31)21(29)14-9-10-17(32-3)16(26)11-14/h6-11,20,29H,1-5H3/t20-/m1/s1. The maximum Gasteiger partial charge on any atom is 0.301 e. The van der Waals surface area contributed by atoms with Crippen molar-refractivity contribution >= 4 is 45.5 Å². The number of anilines is 1. The first-order valence-corrected chi connectivity index (χ1v) is 11.7. The summed E-state index contributed by atoms with van der Waals surface area (Å²) in [6, 6.07) is 8.72. The molecule has 182 valence electrons. The number of ether oxygens (including phenoxy) is 3. The van der Waals surface area contributed by atoms with Gasteiger partial charge in [0.15, 0.2) is 16.6 Å². The lowest BCUT2D eigenvalue weighted by Crippen LogP contribution is -2.29. The third-order valence-electron chi connectivity index (χ3n) is 5.82. The first-order valence-electron chi connectivity index (χ1n) is 10.5. The Kier molecular flexibility index (Phi) is 6.73. The van der Waals surface area contributed by atoms with Crippen molar-refractivity contribution in [2.24, 2.45) is 0 Å². The predicted octanol–water partition coefficient (Wildman–Crippen LogP) is 5.07. The number of methoxy groups -OCH3 is 3. The third kappa shape index (κ3) is 4.11. The number of ketones is 1. The number of amides is 1. The molecule has 4 rings (SSSR count). The molecule has 1 amide bonds. The molecule has 1 atom stereocenters. The fourth-order valence-electron chi connectivity index (χ4n) is 3.98. The Morgan fingerprint density at radius 3 is 2.34 bits per heavy atom. The fourth-order valence-corrected chi connectivity index (χ4v) is 5.17. The van der Waals surface area contributed by atoms with E-state index < -0.39 is 17.7 Å². The van der Waals surface area contributed by atoms with Crippen LogP contribution in [0.4, 0.5) is 5.13 Å². The monoisotopic (exact) mass is 514 g/mol. The van der Waals surface area contributed by atoms with Crippen molar-refractivity contribution in [3.63, 3.8) is 0 Å². The molecule has 1 fully saturated rings. The maximum atomic E-state index is 13.4. The Morgan fingerprint density at radius 2 is 1.77 bits per heavy atom. The number of benzene rings is 2. The quantitative estimate of drug-likeness (QED) is 0.279. The first kappa shape index (κ1) is 24.6. The van der Waals surface area contributed by atoms with Crippen molar-refractivity contribution in [1.29, 1.82) is 0 Å². The largest absolute Gasteiger partial charge is 0.507 e. The molecule has 0 bridgehead atoms. The molecular formula is C25H23ClN2O6S. The van der Waals surface area contributed by atoms with E-state index in [4.69, 9.17) is 25.8 Å². The van der Waals surface area contributed by atoms with Gasteiger partial charge in [-0.1, -0.05) is 23.7 Å². The highest BCUT2D eigenvalue weighted by Gasteiger charge is 2.49. The lowest BCUT2D eigenvalue weighted by Gasteiger charge is -2.25. The lowest BCUT2D eigenvalue weighted by atomic mass is 9.94. The number of hydrogen-bond donors (Lipinski definition) is 1. The highest BCUT2D eigenvalue weighted by molar-refractivity contribution is 7.16. The van der Waals surface area contributed by atoms with Crippen molar-refractivity contribution in [1.82, 2.24) is 4.98 Å². The molecule has 0 radical (unpaired) electrons. The van der Waals surface area contributed by atoms with E-state index >= 15 is 0 Å². The maximum absolute atomic E-state index is 13.4. The summed E-state index contributed by atoms with van der Waals surface area (Å²) < 4.78 is 16.2. The van der Waals surface area contributed by atoms with Crippen LogP contribution >= 0.6 is 22.9 Å². The zero-order valence-corrected chi connectivity index (χ0v) is 21.3. The Hall–Kier alpha value is -3.56. The number of carbonyl (C=O) groups is 2. The molecule has 2 aromatic carbocycles. The number of aliphatic hydroxyl groups excluding tert-OH is 1. The van der Waals surface area contributed by atoms with E-state index in [1.165, 1.54) is 43.6 Å². The minimum Gasteiger partial charge on any atom is -0.507 e. The predicted molar refractivity (Wildman–Crippen MR) is 134 cm³/mol. The van der Waals surface area contributed by atoms with Gasteiger partial charge in [0.05, 0.1) is 37.6 Å². The first-order chi connectivity index (χ1) is 16.7. The minimum atomic E-state index is -1.02. The normalized spacial score (nSPS) is 17.1. The second kappa shape index (κ2) is 9.59. The van der Waals surface area contributed by atoms with E-state index in [0.29, 0.717) is 27.9 Å². The number of aliphatic hydroxyl groups is 1. The van der Waals surface area contributed by atoms with Crippen LogP contribution in [0.15, 0.2) is 42.0 Å². The molecule has 10 heteroatoms. The summed E-state index contributed by atoms with van der Waals surface area (Å²) in [7, 11) is 4.43. The molecule has 0 aliphatic carbocycles. The number of halogens is 1. The van der Waals surface area contributed by atoms with Crippen molar-refractivity contribution in [2.45, 2.75) is 19.9 Å². The van der Waals surface area contributed by atoms with Crippen molar-refractivity contribution in [3.05, 3.63) is 68.7 Å². The number of rotatable bonds is 6. The zero-order valence-electron chi connectivity index (χ0n) is 19.7. The van der Waals surface area contributed by atoms with Crippen LogP contribution in [-0.4, -0.2) is 43.1 Å². The summed E-state index contributed by atoms with van der Waals surface area (Å²) in [5, 5.41) is 11.9. The van der Waals surface area contributed by atoms with Gasteiger partial charge in [0.25, 0.3) is 5.78 Å². The number of carbonyl (C=O) groups excluding carboxylic acids is 2. The molecular weight excluding hydrogens is 492 g/mol. The molecule has 1 aliphatic heterocycles. The summed E-state index contributed by atoms with van der Waals surface area (Å²) in [5.74, 6) is -0.895. The topological polar surface area (TPSA) is 98.2 Å². The summed E-state index contributed by atoms with van der Waals surface area (Å²) >= 11 is 7.55. The van der Waals surface area contributed by atoms with Gasteiger partial charge in [-0.15, -0.1) is 11.3 Å². The lowest BCUT2D eigenvalue weighted by molar-refractivity contribution is -0.132. The van der Waals surface area contributed by atoms with Crippen LogP contribution in [0.25, 0.3) is 5.76 Å². The van der Waals surface area contributed by atoms with Crippen molar-refractivity contribution < 1.29 is 28.9 Å². The Morgan fingerprint density at radius 1 is 1.06 bits per heavy atom. The van der Waals surface area contributed by atoms with Crippen molar-refractivity contribution in [3.8, 4) is 17.2 Å². The summed E-state index contributed by atoms with van der Waals surface area (Å²) in [4.78, 5) is 33.4. The van der Waals surface area contributed by atoms with Gasteiger partial charge in [-0.05, 0) is 38.1 Å². The van der Waals surface area contributed by atoms with E-state index in [1.807, 2.05) is 13.8 Å². The molecule has 35 heavy (non-hydrogen) atoms. The molecule has 0 unspecified atom stereocenters. The molecule has 1 aliphatic rings. The molecule has 0 spiro atoms. The molecule has 1 aromatic heterocycles. The average Bonchev–Trinajstić information content (AvgIpc) is 3.32. The van der Waals surface area contributed by atoms with Crippen molar-refractivity contribution in [2.75, 3.05) is 26.2 Å². The Bertz CT molecular complexity index is 1350. The number of aromatic nitrogens is 1. The SMILES string of the molecule is COc1ccc(C(O)=C2C(=O)C(=O)N(c3nc(C)c(C)s3)[C@@H]2c2cccc(OC)c2OC)cc1Cl. The van der Waals surface area contributed by atoms with E-state index in [2.05, 4.69) is 4.98 Å². The van der Waals surface area contributed by atoms with Gasteiger partial charge in [0.2, 0.25) is 0 Å². The number of hydrogen-bond acceptors (Lipinski definition) is 8. The molecule has 2 heterocycles. The fraction of sp³-hybridized carbons (Fsp3) is 0.240. The van der Waals surface area contributed by atoms with Gasteiger partial charge in [-0.25, -0.2) is 4.98 Å². The van der Waals surface area contributed by atoms with Gasteiger partial charge in [0, 0.05) is 16.0 Å². The Balaban J connectivity index is 2.01. The number of nitrogens with zero attached hydrogens (tertiary/aromatic N) is 2. The number of para-hydroxylation sites is 1. The highest BCUT2D eigenvalue weighted by atomic mass is 35.5. The summed E-state index contributed by atoms with van der Waals surface area (Å²) in [5.41, 5.74) is 1.34. The summed E-state index contributed by atoms with van der Waals surface area (Å²) in [6.07, 6.45) is 0. The molecule has 1 N–H and O–H groups in total. The molecule has 8 nitrogen and oxygen atoms in total. The molecule has 3 aromatic rings. The van der Waals surface area contributed by atoms with Crippen LogP contribution in [0.3, 0.4) is 0 Å². The molecule has 1 saturated heterocycles. The second-order valence-corrected chi connectivity index (χ2v) is 9.33. The van der Waals surface area contributed by atoms with Gasteiger partial charge < -0.3 is 19.3 Å². The van der Waals surface area contributed by atoms with Gasteiger partial charge in [0.1, 0.15) is 17.6 Å².